The van der Waals surface area contributed by atoms with E-state index in [1.807, 2.05) is 5.32 Å². The number of hydrogen-bond acceptors (Lipinski definition) is 3. The summed E-state index contributed by atoms with van der Waals surface area (Å²) in [7, 11) is 0. The molecule has 8 heteroatoms. The van der Waals surface area contributed by atoms with Gasteiger partial charge in [-0.15, -0.1) is 0 Å². The molecule has 2 atom stereocenters. The fourth-order valence-electron chi connectivity index (χ4n) is 1.28. The maximum Gasteiger partial charge on any atom is 0.328 e. The summed E-state index contributed by atoms with van der Waals surface area (Å²) in [6, 6.07) is 1.59. The van der Waals surface area contributed by atoms with Gasteiger partial charge in [-0.25, -0.2) is 14.0 Å². The number of hydrogen-bond donors (Lipinski definition) is 4. The van der Waals surface area contributed by atoms with Crippen LogP contribution in [0.15, 0.2) is 22.7 Å². The van der Waals surface area contributed by atoms with Crippen molar-refractivity contribution >= 4 is 33.6 Å². The first-order valence-corrected chi connectivity index (χ1v) is 6.04. The number of aliphatic hydroxyl groups excluding tert-OH is 1. The number of aliphatic hydroxyl groups is 1. The molecule has 0 aliphatic carbocycles. The van der Waals surface area contributed by atoms with Crippen molar-refractivity contribution in [2.24, 2.45) is 0 Å². The quantitative estimate of drug-likeness (QED) is 0.671. The van der Waals surface area contributed by atoms with Crippen LogP contribution in [0.4, 0.5) is 14.9 Å². The highest BCUT2D eigenvalue weighted by Crippen LogP contribution is 2.19. The molecule has 0 radical (unpaired) electrons. The van der Waals surface area contributed by atoms with Crippen molar-refractivity contribution in [3.05, 3.63) is 28.5 Å². The fourth-order valence-corrected chi connectivity index (χ4v) is 1.61. The topological polar surface area (TPSA) is 98.7 Å². The number of halogens is 2. The van der Waals surface area contributed by atoms with Crippen LogP contribution in [-0.4, -0.2) is 34.4 Å². The maximum absolute atomic E-state index is 13.4. The van der Waals surface area contributed by atoms with Gasteiger partial charge >= 0.3 is 12.0 Å². The molecule has 0 aromatic heterocycles. The van der Waals surface area contributed by atoms with Gasteiger partial charge in [0.05, 0.1) is 11.8 Å². The number of carbonyl (C=O) groups is 2. The lowest BCUT2D eigenvalue weighted by atomic mass is 10.2. The standard InChI is InChI=1S/C11H12BrFN2O4/c1-5(16)9(10(17)18)15-11(19)14-8-3-2-6(12)4-7(8)13/h2-5,9,16H,1H3,(H,17,18)(H2,14,15,19). The Balaban J connectivity index is 2.72. The zero-order chi connectivity index (χ0) is 14.6. The molecule has 1 aromatic carbocycles. The Kier molecular flexibility index (Phi) is 5.25. The highest BCUT2D eigenvalue weighted by molar-refractivity contribution is 9.10. The van der Waals surface area contributed by atoms with Crippen LogP contribution in [0.5, 0.6) is 0 Å². The zero-order valence-electron chi connectivity index (χ0n) is 9.85. The van der Waals surface area contributed by atoms with Crippen molar-refractivity contribution in [3.63, 3.8) is 0 Å². The Morgan fingerprint density at radius 1 is 1.42 bits per heavy atom. The molecule has 2 unspecified atom stereocenters. The second-order valence-electron chi connectivity index (χ2n) is 3.78. The molecule has 0 spiro atoms. The van der Waals surface area contributed by atoms with Crippen LogP contribution in [0, 0.1) is 5.82 Å². The van der Waals surface area contributed by atoms with Gasteiger partial charge in [0, 0.05) is 4.47 Å². The van der Waals surface area contributed by atoms with Gasteiger partial charge in [0.2, 0.25) is 0 Å². The minimum absolute atomic E-state index is 0.101. The number of benzene rings is 1. The summed E-state index contributed by atoms with van der Waals surface area (Å²) in [5, 5.41) is 22.1. The average Bonchev–Trinajstić information content (AvgIpc) is 2.29. The minimum atomic E-state index is -1.47. The molecule has 1 rings (SSSR count). The first kappa shape index (κ1) is 15.4. The van der Waals surface area contributed by atoms with E-state index >= 15 is 0 Å². The monoisotopic (exact) mass is 334 g/mol. The summed E-state index contributed by atoms with van der Waals surface area (Å²) < 4.78 is 13.9. The number of carboxylic acid groups (broad SMARTS) is 1. The summed E-state index contributed by atoms with van der Waals surface area (Å²) in [6.07, 6.45) is -1.28. The zero-order valence-corrected chi connectivity index (χ0v) is 11.4. The smallest absolute Gasteiger partial charge is 0.328 e. The van der Waals surface area contributed by atoms with E-state index in [0.29, 0.717) is 4.47 Å². The molecule has 0 aliphatic rings. The molecule has 0 aliphatic heterocycles. The van der Waals surface area contributed by atoms with Gasteiger partial charge in [0.15, 0.2) is 6.04 Å². The number of rotatable bonds is 4. The third-order valence-corrected chi connectivity index (χ3v) is 2.71. The molecule has 0 heterocycles. The first-order chi connectivity index (χ1) is 8.81. The molecule has 0 saturated carbocycles. The second kappa shape index (κ2) is 6.48. The van der Waals surface area contributed by atoms with Crippen LogP contribution < -0.4 is 10.6 Å². The Bertz CT molecular complexity index is 496. The number of aliphatic carboxylic acids is 1. The van der Waals surface area contributed by atoms with E-state index in [1.165, 1.54) is 19.1 Å². The Hall–Kier alpha value is -1.67. The Labute approximate surface area is 116 Å². The highest BCUT2D eigenvalue weighted by Gasteiger charge is 2.25. The molecule has 19 heavy (non-hydrogen) atoms. The molecular formula is C11H12BrFN2O4. The number of nitrogens with one attached hydrogen (secondary N) is 2. The fraction of sp³-hybridized carbons (Fsp3) is 0.273. The summed E-state index contributed by atoms with van der Waals surface area (Å²) in [6.45, 7) is 1.22. The van der Waals surface area contributed by atoms with E-state index < -0.39 is 30.0 Å². The molecule has 0 fully saturated rings. The van der Waals surface area contributed by atoms with Crippen LogP contribution in [-0.2, 0) is 4.79 Å². The Morgan fingerprint density at radius 2 is 2.05 bits per heavy atom. The molecule has 6 nitrogen and oxygen atoms in total. The number of carbonyl (C=O) groups excluding carboxylic acids is 1. The van der Waals surface area contributed by atoms with Gasteiger partial charge in [-0.05, 0) is 25.1 Å². The summed E-state index contributed by atoms with van der Waals surface area (Å²) in [5.41, 5.74) is -0.101. The van der Waals surface area contributed by atoms with Crippen LogP contribution in [0.3, 0.4) is 0 Å². The van der Waals surface area contributed by atoms with Gasteiger partial charge in [-0.3, -0.25) is 0 Å². The van der Waals surface area contributed by atoms with Crippen LogP contribution in [0.25, 0.3) is 0 Å². The molecule has 0 bridgehead atoms. The lowest BCUT2D eigenvalue weighted by molar-refractivity contribution is -0.141. The highest BCUT2D eigenvalue weighted by atomic mass is 79.9. The van der Waals surface area contributed by atoms with Gasteiger partial charge in [-0.1, -0.05) is 15.9 Å². The van der Waals surface area contributed by atoms with Gasteiger partial charge in [0.1, 0.15) is 5.82 Å². The van der Waals surface area contributed by atoms with Gasteiger partial charge in [0.25, 0.3) is 0 Å². The van der Waals surface area contributed by atoms with Crippen LogP contribution in [0.1, 0.15) is 6.92 Å². The average molecular weight is 335 g/mol. The molecule has 4 N–H and O–H groups in total. The molecule has 1 aromatic rings. The largest absolute Gasteiger partial charge is 0.480 e. The van der Waals surface area contributed by atoms with Crippen molar-refractivity contribution < 1.29 is 24.2 Å². The first-order valence-electron chi connectivity index (χ1n) is 5.24. The minimum Gasteiger partial charge on any atom is -0.480 e. The summed E-state index contributed by atoms with van der Waals surface area (Å²) in [4.78, 5) is 22.3. The predicted octanol–water partition coefficient (Wildman–Crippen LogP) is 1.54. The lowest BCUT2D eigenvalue weighted by Crippen LogP contribution is -2.49. The predicted molar refractivity (Wildman–Crippen MR) is 69.4 cm³/mol. The maximum atomic E-state index is 13.4. The normalized spacial score (nSPS) is 13.5. The van der Waals surface area contributed by atoms with E-state index in [1.54, 1.807) is 0 Å². The van der Waals surface area contributed by atoms with Crippen molar-refractivity contribution in [2.75, 3.05) is 5.32 Å². The van der Waals surface area contributed by atoms with Crippen LogP contribution in [0.2, 0.25) is 0 Å². The van der Waals surface area contributed by atoms with Crippen molar-refractivity contribution in [3.8, 4) is 0 Å². The SMILES string of the molecule is CC(O)C(NC(=O)Nc1ccc(Br)cc1F)C(=O)O. The number of carboxylic acids is 1. The van der Waals surface area contributed by atoms with Crippen molar-refractivity contribution in [1.82, 2.24) is 5.32 Å². The Morgan fingerprint density at radius 3 is 2.53 bits per heavy atom. The van der Waals surface area contributed by atoms with E-state index in [-0.39, 0.29) is 5.69 Å². The van der Waals surface area contributed by atoms with Crippen LogP contribution >= 0.6 is 15.9 Å². The van der Waals surface area contributed by atoms with Gasteiger partial charge < -0.3 is 20.8 Å². The van der Waals surface area contributed by atoms with Crippen molar-refractivity contribution in [2.45, 2.75) is 19.1 Å². The van der Waals surface area contributed by atoms with Gasteiger partial charge in [-0.2, -0.15) is 0 Å². The molecule has 0 saturated heterocycles. The third kappa shape index (κ3) is 4.49. The van der Waals surface area contributed by atoms with E-state index in [0.717, 1.165) is 6.07 Å². The van der Waals surface area contributed by atoms with Crippen molar-refractivity contribution in [1.29, 1.82) is 0 Å². The molecule has 104 valence electrons. The number of amides is 2. The summed E-state index contributed by atoms with van der Waals surface area (Å²) >= 11 is 3.06. The van der Waals surface area contributed by atoms with E-state index in [9.17, 15) is 19.1 Å². The van der Waals surface area contributed by atoms with E-state index in [4.69, 9.17) is 5.11 Å². The number of urea groups is 1. The van der Waals surface area contributed by atoms with E-state index in [2.05, 4.69) is 21.2 Å². The lowest BCUT2D eigenvalue weighted by Gasteiger charge is -2.17. The second-order valence-corrected chi connectivity index (χ2v) is 4.69. The third-order valence-electron chi connectivity index (χ3n) is 2.21. The molecular weight excluding hydrogens is 323 g/mol. The summed E-state index contributed by atoms with van der Waals surface area (Å²) in [5.74, 6) is -2.06. The number of anilines is 1. The molecule has 2 amide bonds.